The second-order valence-electron chi connectivity index (χ2n) is 2.01. The summed E-state index contributed by atoms with van der Waals surface area (Å²) in [5.74, 6) is 0. The fraction of sp³-hybridized carbons (Fsp3) is 0.333. The van der Waals surface area contributed by atoms with Crippen LogP contribution in [0, 0.1) is 5.41 Å². The van der Waals surface area contributed by atoms with Crippen molar-refractivity contribution in [3.63, 3.8) is 0 Å². The third kappa shape index (κ3) is 0.988. The summed E-state index contributed by atoms with van der Waals surface area (Å²) in [5.41, 5.74) is 1.42. The Bertz CT molecular complexity index is 224. The molecule has 0 unspecified atom stereocenters. The number of nitrogens with one attached hydrogen (secondary N) is 1. The fourth-order valence-electron chi connectivity index (χ4n) is 0.719. The molecule has 1 heterocycles. The van der Waals surface area contributed by atoms with Crippen LogP contribution >= 0.6 is 0 Å². The van der Waals surface area contributed by atoms with Crippen LogP contribution in [0.4, 0.5) is 0 Å². The lowest BCUT2D eigenvalue weighted by Gasteiger charge is -1.95. The molecule has 0 saturated heterocycles. The summed E-state index contributed by atoms with van der Waals surface area (Å²) in [5, 5.41) is 7.23. The van der Waals surface area contributed by atoms with Gasteiger partial charge in [-0.3, -0.25) is 0 Å². The molecule has 3 nitrogen and oxygen atoms in total. The minimum Gasteiger partial charge on any atom is -0.333 e. The fourth-order valence-corrected chi connectivity index (χ4v) is 0.719. The van der Waals surface area contributed by atoms with E-state index >= 15 is 0 Å². The van der Waals surface area contributed by atoms with Gasteiger partial charge >= 0.3 is 0 Å². The van der Waals surface area contributed by atoms with Gasteiger partial charge in [0.1, 0.15) is 0 Å². The highest BCUT2D eigenvalue weighted by Crippen LogP contribution is 1.95. The van der Waals surface area contributed by atoms with Crippen LogP contribution in [0.2, 0.25) is 0 Å². The van der Waals surface area contributed by atoms with Crippen LogP contribution in [0.1, 0.15) is 12.6 Å². The van der Waals surface area contributed by atoms with Gasteiger partial charge in [0.25, 0.3) is 0 Å². The summed E-state index contributed by atoms with van der Waals surface area (Å²) in [6, 6.07) is 0. The van der Waals surface area contributed by atoms with Crippen LogP contribution in [0.5, 0.6) is 0 Å². The van der Waals surface area contributed by atoms with Crippen LogP contribution in [0.15, 0.2) is 12.5 Å². The third-order valence-electron chi connectivity index (χ3n) is 1.20. The molecule has 0 fully saturated rings. The lowest BCUT2D eigenvalue weighted by molar-refractivity contribution is 0.900. The van der Waals surface area contributed by atoms with Crippen molar-refractivity contribution in [2.24, 2.45) is 7.05 Å². The highest BCUT2D eigenvalue weighted by molar-refractivity contribution is 5.94. The van der Waals surface area contributed by atoms with Crippen molar-refractivity contribution in [1.29, 1.82) is 5.41 Å². The van der Waals surface area contributed by atoms with Gasteiger partial charge in [-0.25, -0.2) is 4.98 Å². The highest BCUT2D eigenvalue weighted by atomic mass is 15.0. The molecule has 0 amide bonds. The zero-order valence-electron chi connectivity index (χ0n) is 5.55. The molecule has 9 heavy (non-hydrogen) atoms. The van der Waals surface area contributed by atoms with Crippen LogP contribution in [0.25, 0.3) is 0 Å². The van der Waals surface area contributed by atoms with Crippen LogP contribution < -0.4 is 0 Å². The molecule has 3 heteroatoms. The summed E-state index contributed by atoms with van der Waals surface area (Å²) < 4.78 is 1.82. The van der Waals surface area contributed by atoms with Crippen molar-refractivity contribution in [2.45, 2.75) is 6.92 Å². The maximum atomic E-state index is 7.23. The molecule has 0 saturated carbocycles. The number of rotatable bonds is 1. The van der Waals surface area contributed by atoms with Crippen LogP contribution in [-0.4, -0.2) is 15.3 Å². The van der Waals surface area contributed by atoms with Gasteiger partial charge in [-0.1, -0.05) is 0 Å². The summed E-state index contributed by atoms with van der Waals surface area (Å²) >= 11 is 0. The lowest BCUT2D eigenvalue weighted by atomic mass is 10.3. The first-order valence-electron chi connectivity index (χ1n) is 2.73. The van der Waals surface area contributed by atoms with Gasteiger partial charge in [0.05, 0.1) is 23.9 Å². The Hall–Kier alpha value is -1.12. The van der Waals surface area contributed by atoms with E-state index in [9.17, 15) is 0 Å². The summed E-state index contributed by atoms with van der Waals surface area (Å²) in [4.78, 5) is 3.87. The van der Waals surface area contributed by atoms with E-state index < -0.39 is 0 Å². The van der Waals surface area contributed by atoms with Crippen molar-refractivity contribution in [3.8, 4) is 0 Å². The summed E-state index contributed by atoms with van der Waals surface area (Å²) in [7, 11) is 1.88. The Labute approximate surface area is 53.9 Å². The van der Waals surface area contributed by atoms with Gasteiger partial charge < -0.3 is 9.98 Å². The van der Waals surface area contributed by atoms with Gasteiger partial charge in [-0.15, -0.1) is 0 Å². The van der Waals surface area contributed by atoms with Crippen molar-refractivity contribution in [2.75, 3.05) is 0 Å². The predicted molar refractivity (Wildman–Crippen MR) is 35.7 cm³/mol. The maximum absolute atomic E-state index is 7.23. The number of hydrogen-bond donors (Lipinski definition) is 1. The average Bonchev–Trinajstić information content (AvgIpc) is 2.13. The minimum atomic E-state index is 0.551. The van der Waals surface area contributed by atoms with Gasteiger partial charge in [0.15, 0.2) is 0 Å². The molecule has 0 radical (unpaired) electrons. The van der Waals surface area contributed by atoms with E-state index in [1.807, 2.05) is 11.6 Å². The second-order valence-corrected chi connectivity index (χ2v) is 2.01. The number of aryl methyl sites for hydroxylation is 1. The van der Waals surface area contributed by atoms with E-state index in [0.29, 0.717) is 5.71 Å². The average molecular weight is 123 g/mol. The minimum absolute atomic E-state index is 0.551. The Kier molecular flexibility index (Phi) is 1.34. The first-order valence-corrected chi connectivity index (χ1v) is 2.73. The van der Waals surface area contributed by atoms with E-state index in [4.69, 9.17) is 5.41 Å². The summed E-state index contributed by atoms with van der Waals surface area (Å²) in [6.45, 7) is 1.75. The molecule has 0 spiro atoms. The molecule has 48 valence electrons. The standard InChI is InChI=1S/C6H9N3/c1-5(7)6-3-8-4-9(6)2/h3-4,7H,1-2H3. The molecule has 1 aromatic heterocycles. The molecule has 1 aromatic rings. The molecular formula is C6H9N3. The zero-order chi connectivity index (χ0) is 6.85. The molecule has 1 rings (SSSR count). The molecule has 0 aromatic carbocycles. The number of imidazole rings is 1. The molecule has 0 aliphatic heterocycles. The molecule has 0 atom stereocenters. The molecule has 0 aliphatic rings. The predicted octanol–water partition coefficient (Wildman–Crippen LogP) is 0.808. The molecule has 0 bridgehead atoms. The lowest BCUT2D eigenvalue weighted by Crippen LogP contribution is -1.99. The first-order chi connectivity index (χ1) is 4.22. The smallest absolute Gasteiger partial charge is 0.0948 e. The second kappa shape index (κ2) is 2.01. The maximum Gasteiger partial charge on any atom is 0.0948 e. The van der Waals surface area contributed by atoms with Crippen molar-refractivity contribution >= 4 is 5.71 Å². The van der Waals surface area contributed by atoms with E-state index in [1.165, 1.54) is 0 Å². The van der Waals surface area contributed by atoms with Crippen LogP contribution in [0.3, 0.4) is 0 Å². The topological polar surface area (TPSA) is 41.7 Å². The number of nitrogens with zero attached hydrogens (tertiary/aromatic N) is 2. The Balaban J connectivity index is 3.08. The van der Waals surface area contributed by atoms with Crippen molar-refractivity contribution in [1.82, 2.24) is 9.55 Å². The van der Waals surface area contributed by atoms with Gasteiger partial charge in [0, 0.05) is 7.05 Å². The van der Waals surface area contributed by atoms with Crippen molar-refractivity contribution < 1.29 is 0 Å². The van der Waals surface area contributed by atoms with Crippen LogP contribution in [-0.2, 0) is 7.05 Å². The Morgan fingerprint density at radius 1 is 1.78 bits per heavy atom. The van der Waals surface area contributed by atoms with Gasteiger partial charge in [-0.2, -0.15) is 0 Å². The number of aromatic nitrogens is 2. The van der Waals surface area contributed by atoms with Gasteiger partial charge in [0.2, 0.25) is 0 Å². The Morgan fingerprint density at radius 3 is 2.67 bits per heavy atom. The Morgan fingerprint density at radius 2 is 2.44 bits per heavy atom. The molecular weight excluding hydrogens is 114 g/mol. The van der Waals surface area contributed by atoms with E-state index in [1.54, 1.807) is 19.4 Å². The van der Waals surface area contributed by atoms with Crippen molar-refractivity contribution in [3.05, 3.63) is 18.2 Å². The first kappa shape index (κ1) is 6.01. The van der Waals surface area contributed by atoms with Gasteiger partial charge in [-0.05, 0) is 6.92 Å². The van der Waals surface area contributed by atoms with E-state index in [-0.39, 0.29) is 0 Å². The molecule has 1 N–H and O–H groups in total. The number of hydrogen-bond acceptors (Lipinski definition) is 2. The SMILES string of the molecule is CC(=N)c1cncn1C. The molecule has 0 aliphatic carbocycles. The third-order valence-corrected chi connectivity index (χ3v) is 1.20. The summed E-state index contributed by atoms with van der Waals surface area (Å²) in [6.07, 6.45) is 3.37. The van der Waals surface area contributed by atoms with E-state index in [2.05, 4.69) is 4.98 Å². The highest BCUT2D eigenvalue weighted by Gasteiger charge is 1.97. The normalized spacial score (nSPS) is 9.56. The quantitative estimate of drug-likeness (QED) is 0.551. The monoisotopic (exact) mass is 123 g/mol. The largest absolute Gasteiger partial charge is 0.333 e. The van der Waals surface area contributed by atoms with E-state index in [0.717, 1.165) is 5.69 Å². The zero-order valence-corrected chi connectivity index (χ0v) is 5.55.